The van der Waals surface area contributed by atoms with E-state index in [-0.39, 0.29) is 0 Å². The van der Waals surface area contributed by atoms with Crippen LogP contribution in [0.4, 0.5) is 0 Å². The molecule has 46 unspecified atom stereocenters. The molecule has 65 heavy (non-hydrogen) atoms. The van der Waals surface area contributed by atoms with Gasteiger partial charge in [-0.1, -0.05) is 19.3 Å². The summed E-state index contributed by atoms with van der Waals surface area (Å²) in [4.78, 5) is 0. The van der Waals surface area contributed by atoms with Crippen LogP contribution in [0, 0.1) is 328 Å². The van der Waals surface area contributed by atoms with Crippen molar-refractivity contribution in [3.05, 3.63) is 0 Å². The quantitative estimate of drug-likeness (QED) is 0.275. The molecule has 0 radical (unpaired) electrons. The van der Waals surface area contributed by atoms with Gasteiger partial charge in [0.2, 0.25) is 0 Å². The Balaban J connectivity index is 0.697. The topological polar surface area (TPSA) is 0 Å². The third kappa shape index (κ3) is 0.504. The van der Waals surface area contributed by atoms with Crippen molar-refractivity contribution < 1.29 is 0 Å². The van der Waals surface area contributed by atoms with E-state index in [1.165, 1.54) is 166 Å². The molecule has 45 aliphatic rings. The molecule has 45 saturated carbocycles. The maximum Gasteiger partial charge on any atom is -0.000715 e. The standard InChI is InChI=1S/C65H42/c1-2-4-8-14-21-15-9(5-3-1)17-23-27-31-35-33-29-25-20-13-7-11-18-10-6-12-19-24-28-32-34-30-26-22-16(8)38(14)41(21)39(15,17)45(23)49(27)53(31)57(35)55(33)51(29)47(25)43(20)37(11,13)40(18)36(10,12)42(19)46(24)50(28)54(32)56(34)52(30)48(26)44(22,38)59(41,45)61(48,49)63(52,53)65(56,57)64(54,55)62(50,51)60(46,47)58(40,42)43/h8-35H,1-7H2. The van der Waals surface area contributed by atoms with Crippen molar-refractivity contribution in [2.45, 2.75) is 44.9 Å². The first-order valence-electron chi connectivity index (χ1n) is 32.4. The Morgan fingerprint density at radius 1 is 0.185 bits per heavy atom. The van der Waals surface area contributed by atoms with Gasteiger partial charge in [-0.3, -0.25) is 0 Å². The Kier molecular flexibility index (Phi) is 1.19. The maximum atomic E-state index is 1.86. The molecule has 0 aromatic carbocycles. The molecule has 0 nitrogen and oxygen atoms in total. The zero-order valence-electron chi connectivity index (χ0n) is 36.1. The minimum absolute atomic E-state index is 1.09. The van der Waals surface area contributed by atoms with Gasteiger partial charge in [-0.15, -0.1) is 0 Å². The van der Waals surface area contributed by atoms with Crippen LogP contribution in [0.3, 0.4) is 0 Å². The predicted octanol–water partition coefficient (Wildman–Crippen LogP) is 6.17. The van der Waals surface area contributed by atoms with Crippen molar-refractivity contribution in [3.63, 3.8) is 0 Å². The molecule has 0 heteroatoms. The lowest BCUT2D eigenvalue weighted by atomic mass is 8.34. The van der Waals surface area contributed by atoms with E-state index in [4.69, 9.17) is 0 Å². The third-order valence-electron chi connectivity index (χ3n) is 55.1. The molecule has 0 aromatic rings. The van der Waals surface area contributed by atoms with E-state index < -0.39 is 0 Å². The Morgan fingerprint density at radius 3 is 0.831 bits per heavy atom. The second kappa shape index (κ2) is 3.46. The lowest BCUT2D eigenvalue weighted by Gasteiger charge is -3.68. The number of hydrogen-bond acceptors (Lipinski definition) is 0. The molecule has 46 atom stereocenters. The van der Waals surface area contributed by atoms with Crippen molar-refractivity contribution in [1.29, 1.82) is 0 Å². The summed E-state index contributed by atoms with van der Waals surface area (Å²) in [6.45, 7) is 0. The van der Waals surface area contributed by atoms with Crippen LogP contribution in [-0.4, -0.2) is 0 Å². The van der Waals surface area contributed by atoms with E-state index in [1.54, 1.807) is 32.1 Å². The van der Waals surface area contributed by atoms with Crippen molar-refractivity contribution in [2.75, 3.05) is 0 Å². The van der Waals surface area contributed by atoms with Gasteiger partial charge in [0.25, 0.3) is 0 Å². The smallest absolute Gasteiger partial charge is 0.000715 e. The fourth-order valence-corrected chi connectivity index (χ4v) is 70.3. The van der Waals surface area contributed by atoms with Crippen molar-refractivity contribution in [3.8, 4) is 0 Å². The molecule has 302 valence electrons. The van der Waals surface area contributed by atoms with Gasteiger partial charge >= 0.3 is 0 Å². The Hall–Kier alpha value is 0. The van der Waals surface area contributed by atoms with E-state index in [0.717, 1.165) is 162 Å². The summed E-state index contributed by atoms with van der Waals surface area (Å²) >= 11 is 0. The first-order chi connectivity index (χ1) is 32.4. The van der Waals surface area contributed by atoms with Gasteiger partial charge in [0.05, 0.1) is 0 Å². The molecule has 0 heterocycles. The highest BCUT2D eigenvalue weighted by atomic mass is 15.7. The molecule has 45 fully saturated rings. The SMILES string of the molecule is C1CCC2C3C4C5C(CC1)C1C6C7C8C9C%10C%11C%12C%13C%14CC%15C%16C%17CC%18C%19C%20C%21C%22C%23C%24C%25C%26C2C32C43C51C61C74C85C96C%107C%118C%129C%13%10C%15%14C%16%11C%17%18C%19%12C%20%13C%21%14C%22%15C%23%16C%24%17C%25%18C%262C31C%184C%175C%166C%157C%148C%139C%11%12%10. The average molecular weight is 823 g/mol. The van der Waals surface area contributed by atoms with Gasteiger partial charge < -0.3 is 0 Å². The molecular formula is C65H42. The van der Waals surface area contributed by atoms with Gasteiger partial charge in [0, 0.05) is 0 Å². The molecule has 0 aromatic heterocycles. The van der Waals surface area contributed by atoms with Crippen molar-refractivity contribution in [1.82, 2.24) is 0 Å². The minimum Gasteiger partial charge on any atom is -0.0533 e. The maximum absolute atomic E-state index is 1.86. The summed E-state index contributed by atoms with van der Waals surface area (Å²) in [5, 5.41) is 0. The third-order valence-corrected chi connectivity index (χ3v) is 55.1. The van der Waals surface area contributed by atoms with Crippen LogP contribution in [-0.2, 0) is 0 Å². The van der Waals surface area contributed by atoms with Crippen LogP contribution in [0.2, 0.25) is 0 Å². The van der Waals surface area contributed by atoms with Crippen LogP contribution in [0.1, 0.15) is 44.9 Å². The lowest BCUT2D eigenvalue weighted by molar-refractivity contribution is -1.24. The van der Waals surface area contributed by atoms with E-state index in [1.807, 2.05) is 12.8 Å². The summed E-state index contributed by atoms with van der Waals surface area (Å²) in [6.07, 6.45) is 12.3. The molecule has 0 aliphatic heterocycles. The van der Waals surface area contributed by atoms with Crippen LogP contribution in [0.25, 0.3) is 0 Å². The molecule has 0 bridgehead atoms. The normalized spacial score (nSPS) is 138. The highest BCUT2D eigenvalue weighted by Gasteiger charge is 3.71. The van der Waals surface area contributed by atoms with Gasteiger partial charge in [-0.05, 0) is 354 Å². The first-order valence-corrected chi connectivity index (χ1v) is 32.4. The van der Waals surface area contributed by atoms with Crippen LogP contribution in [0.15, 0.2) is 0 Å². The number of fused-ring (bicyclic) bond motifs is 22. The van der Waals surface area contributed by atoms with E-state index in [9.17, 15) is 0 Å². The van der Waals surface area contributed by atoms with E-state index in [0.29, 0.717) is 0 Å². The van der Waals surface area contributed by atoms with Crippen LogP contribution < -0.4 is 0 Å². The summed E-state index contributed by atoms with van der Waals surface area (Å²) in [7, 11) is 0. The summed E-state index contributed by atoms with van der Waals surface area (Å²) in [5.74, 6) is 39.2. The van der Waals surface area contributed by atoms with Crippen molar-refractivity contribution in [2.24, 2.45) is 328 Å². The first kappa shape index (κ1) is 22.4. The van der Waals surface area contributed by atoms with Gasteiger partial charge in [0.15, 0.2) is 0 Å². The van der Waals surface area contributed by atoms with Gasteiger partial charge in [-0.2, -0.15) is 0 Å². The zero-order chi connectivity index (χ0) is 36.1. The van der Waals surface area contributed by atoms with Gasteiger partial charge in [-0.25, -0.2) is 0 Å². The number of hydrogen-bond donors (Lipinski definition) is 0. The molecule has 45 rings (SSSR count). The second-order valence-corrected chi connectivity index (χ2v) is 41.5. The molecule has 0 N–H and O–H groups in total. The Labute approximate surface area is 371 Å². The van der Waals surface area contributed by atoms with E-state index in [2.05, 4.69) is 0 Å². The summed E-state index contributed by atoms with van der Waals surface area (Å²) in [5.41, 5.74) is 33.8. The van der Waals surface area contributed by atoms with Crippen LogP contribution in [0.5, 0.6) is 0 Å². The largest absolute Gasteiger partial charge is 0.0533 e. The highest BCUT2D eigenvalue weighted by molar-refractivity contribution is 6.15. The zero-order valence-corrected chi connectivity index (χ0v) is 36.1. The fourth-order valence-electron chi connectivity index (χ4n) is 70.3. The molecule has 0 saturated heterocycles. The average Bonchev–Trinajstić information content (AvgIpc) is 2.69. The fraction of sp³-hybridized carbons (Fsp3) is 1.00. The minimum atomic E-state index is 1.09. The molecule has 0 amide bonds. The lowest BCUT2D eigenvalue weighted by Crippen LogP contribution is -3.67. The Morgan fingerprint density at radius 2 is 0.446 bits per heavy atom. The monoisotopic (exact) mass is 822 g/mol. The van der Waals surface area contributed by atoms with E-state index >= 15 is 0 Å². The predicted molar refractivity (Wildman–Crippen MR) is 203 cm³/mol. The van der Waals surface area contributed by atoms with Crippen LogP contribution >= 0.6 is 0 Å². The number of rotatable bonds is 0. The van der Waals surface area contributed by atoms with Crippen molar-refractivity contribution >= 4 is 0 Å². The molecule has 30 spiro atoms. The summed E-state index contributed by atoms with van der Waals surface area (Å²) in [6, 6.07) is 0. The molecular weight excluding hydrogens is 781 g/mol. The van der Waals surface area contributed by atoms with Gasteiger partial charge in [0.1, 0.15) is 0 Å². The highest BCUT2D eigenvalue weighted by Crippen LogP contribution is 3.72. The summed E-state index contributed by atoms with van der Waals surface area (Å²) < 4.78 is 0. The Bertz CT molecular complexity index is 4110. The second-order valence-electron chi connectivity index (χ2n) is 41.5. The molecule has 45 aliphatic carbocycles.